The highest BCUT2D eigenvalue weighted by Crippen LogP contribution is 2.28. The maximum atomic E-state index is 12.9. The quantitative estimate of drug-likeness (QED) is 0.657. The third-order valence-corrected chi connectivity index (χ3v) is 3.96. The van der Waals surface area contributed by atoms with E-state index in [1.165, 1.54) is 23.3 Å². The maximum Gasteiger partial charge on any atom is 0.125 e. The van der Waals surface area contributed by atoms with Gasteiger partial charge in [-0.05, 0) is 35.7 Å². The Morgan fingerprint density at radius 2 is 1.72 bits per heavy atom. The molecule has 2 rings (SSSR count). The zero-order valence-electron chi connectivity index (χ0n) is 10.3. The minimum absolute atomic E-state index is 0.288. The van der Waals surface area contributed by atoms with Crippen LogP contribution in [-0.4, -0.2) is 0 Å². The van der Waals surface area contributed by atoms with Crippen molar-refractivity contribution in [3.8, 4) is 0 Å². The first kappa shape index (κ1) is 13.0. The second-order valence-electron chi connectivity index (χ2n) is 4.14. The molecule has 0 heterocycles. The van der Waals surface area contributed by atoms with Gasteiger partial charge < -0.3 is 5.73 Å². The summed E-state index contributed by atoms with van der Waals surface area (Å²) in [4.78, 5) is 0.927. The van der Waals surface area contributed by atoms with Crippen LogP contribution in [0.5, 0.6) is 0 Å². The molecule has 0 amide bonds. The second kappa shape index (κ2) is 5.91. The molecule has 0 radical (unpaired) electrons. The Kier molecular flexibility index (Phi) is 4.26. The number of benzene rings is 2. The van der Waals surface area contributed by atoms with Crippen LogP contribution in [0, 0.1) is 5.82 Å². The normalized spacial score (nSPS) is 10.6. The van der Waals surface area contributed by atoms with E-state index in [4.69, 9.17) is 5.73 Å². The minimum Gasteiger partial charge on any atom is -0.398 e. The van der Waals surface area contributed by atoms with E-state index in [-0.39, 0.29) is 5.82 Å². The molecule has 0 atom stereocenters. The van der Waals surface area contributed by atoms with Gasteiger partial charge in [-0.3, -0.25) is 0 Å². The summed E-state index contributed by atoms with van der Waals surface area (Å²) in [5.41, 5.74) is 8.86. The van der Waals surface area contributed by atoms with E-state index in [0.717, 1.165) is 17.1 Å². The summed E-state index contributed by atoms with van der Waals surface area (Å²) in [7, 11) is 0. The lowest BCUT2D eigenvalue weighted by molar-refractivity contribution is 0.627. The van der Waals surface area contributed by atoms with Gasteiger partial charge in [0.2, 0.25) is 0 Å². The van der Waals surface area contributed by atoms with Crippen molar-refractivity contribution >= 4 is 17.4 Å². The number of aryl methyl sites for hydroxylation is 1. The minimum atomic E-state index is -0.288. The van der Waals surface area contributed by atoms with Crippen LogP contribution in [-0.2, 0) is 12.2 Å². The molecule has 0 aliphatic rings. The molecule has 2 aromatic carbocycles. The number of anilines is 1. The zero-order chi connectivity index (χ0) is 13.0. The summed E-state index contributed by atoms with van der Waals surface area (Å²) in [5, 5.41) is 0. The molecule has 18 heavy (non-hydrogen) atoms. The number of halogens is 1. The average molecular weight is 261 g/mol. The Morgan fingerprint density at radius 1 is 1.06 bits per heavy atom. The highest BCUT2D eigenvalue weighted by Gasteiger charge is 2.02. The summed E-state index contributed by atoms with van der Waals surface area (Å²) in [6.07, 6.45) is 1.05. The van der Waals surface area contributed by atoms with Crippen molar-refractivity contribution in [3.05, 3.63) is 59.4 Å². The van der Waals surface area contributed by atoms with Crippen molar-refractivity contribution in [1.29, 1.82) is 0 Å². The summed E-state index contributed by atoms with van der Waals surface area (Å²) in [6, 6.07) is 13.1. The van der Waals surface area contributed by atoms with E-state index < -0.39 is 0 Å². The van der Waals surface area contributed by atoms with Crippen molar-refractivity contribution in [3.63, 3.8) is 0 Å². The molecule has 0 aliphatic carbocycles. The largest absolute Gasteiger partial charge is 0.398 e. The number of nitrogen functional groups attached to an aromatic ring is 1. The molecule has 0 saturated carbocycles. The van der Waals surface area contributed by atoms with Crippen LogP contribution in [0.3, 0.4) is 0 Å². The Hall–Kier alpha value is -1.48. The molecular formula is C15H16FNS. The number of thioether (sulfide) groups is 1. The van der Waals surface area contributed by atoms with E-state index in [9.17, 15) is 4.39 Å². The first-order valence-electron chi connectivity index (χ1n) is 5.94. The number of hydrogen-bond donors (Lipinski definition) is 1. The lowest BCUT2D eigenvalue weighted by atomic mass is 10.1. The molecule has 0 spiro atoms. The smallest absolute Gasteiger partial charge is 0.125 e. The zero-order valence-corrected chi connectivity index (χ0v) is 11.1. The van der Waals surface area contributed by atoms with Gasteiger partial charge in [-0.2, -0.15) is 0 Å². The van der Waals surface area contributed by atoms with Gasteiger partial charge in [0.05, 0.1) is 0 Å². The molecule has 0 aromatic heterocycles. The first-order chi connectivity index (χ1) is 8.69. The van der Waals surface area contributed by atoms with Crippen LogP contribution < -0.4 is 5.73 Å². The van der Waals surface area contributed by atoms with Gasteiger partial charge in [0.1, 0.15) is 5.82 Å². The van der Waals surface area contributed by atoms with Crippen molar-refractivity contribution in [2.24, 2.45) is 0 Å². The van der Waals surface area contributed by atoms with Crippen LogP contribution in [0.1, 0.15) is 18.1 Å². The van der Waals surface area contributed by atoms with Crippen LogP contribution in [0.2, 0.25) is 0 Å². The molecule has 2 aromatic rings. The van der Waals surface area contributed by atoms with Crippen LogP contribution in [0.15, 0.2) is 47.4 Å². The molecule has 0 unspecified atom stereocenters. The Bertz CT molecular complexity index is 523. The molecule has 2 N–H and O–H groups in total. The van der Waals surface area contributed by atoms with Gasteiger partial charge in [0.15, 0.2) is 0 Å². The molecule has 0 saturated heterocycles. The monoisotopic (exact) mass is 261 g/mol. The third-order valence-electron chi connectivity index (χ3n) is 2.80. The average Bonchev–Trinajstić information content (AvgIpc) is 2.38. The van der Waals surface area contributed by atoms with Gasteiger partial charge in [0.25, 0.3) is 0 Å². The first-order valence-corrected chi connectivity index (χ1v) is 6.93. The Morgan fingerprint density at radius 3 is 2.33 bits per heavy atom. The van der Waals surface area contributed by atoms with Gasteiger partial charge in [-0.15, -0.1) is 11.8 Å². The number of hydrogen-bond acceptors (Lipinski definition) is 2. The molecule has 3 heteroatoms. The van der Waals surface area contributed by atoms with E-state index >= 15 is 0 Å². The molecule has 1 nitrogen and oxygen atoms in total. The summed E-state index contributed by atoms with van der Waals surface area (Å²) in [6.45, 7) is 2.14. The molecule has 0 fully saturated rings. The number of nitrogens with two attached hydrogens (primary N) is 1. The third kappa shape index (κ3) is 3.26. The Labute approximate surface area is 111 Å². The topological polar surface area (TPSA) is 26.0 Å². The Balaban J connectivity index is 2.02. The molecule has 94 valence electrons. The summed E-state index contributed by atoms with van der Waals surface area (Å²) in [5.74, 6) is 0.559. The van der Waals surface area contributed by atoms with Crippen molar-refractivity contribution in [1.82, 2.24) is 0 Å². The molecule has 0 bridgehead atoms. The predicted molar refractivity (Wildman–Crippen MR) is 76.2 cm³/mol. The van der Waals surface area contributed by atoms with Crippen LogP contribution in [0.25, 0.3) is 0 Å². The maximum absolute atomic E-state index is 12.9. The highest BCUT2D eigenvalue weighted by atomic mass is 32.2. The van der Waals surface area contributed by atoms with Gasteiger partial charge in [-0.25, -0.2) is 4.39 Å². The second-order valence-corrected chi connectivity index (χ2v) is 5.16. The van der Waals surface area contributed by atoms with E-state index in [1.807, 2.05) is 0 Å². The molecule has 0 aliphatic heterocycles. The van der Waals surface area contributed by atoms with Crippen LogP contribution >= 0.6 is 11.8 Å². The van der Waals surface area contributed by atoms with E-state index in [1.54, 1.807) is 17.8 Å². The van der Waals surface area contributed by atoms with Crippen LogP contribution in [0.4, 0.5) is 10.1 Å². The van der Waals surface area contributed by atoms with Gasteiger partial charge in [0, 0.05) is 16.3 Å². The summed E-state index contributed by atoms with van der Waals surface area (Å²) >= 11 is 1.63. The SMILES string of the molecule is CCc1ccc(CSc2ccc(F)cc2N)cc1. The lowest BCUT2D eigenvalue weighted by Gasteiger charge is -2.06. The fourth-order valence-corrected chi connectivity index (χ4v) is 2.59. The fraction of sp³-hybridized carbons (Fsp3) is 0.200. The van der Waals surface area contributed by atoms with Crippen molar-refractivity contribution in [2.45, 2.75) is 24.0 Å². The number of rotatable bonds is 4. The van der Waals surface area contributed by atoms with E-state index in [0.29, 0.717) is 5.69 Å². The summed E-state index contributed by atoms with van der Waals surface area (Å²) < 4.78 is 12.9. The fourth-order valence-electron chi connectivity index (χ4n) is 1.68. The highest BCUT2D eigenvalue weighted by molar-refractivity contribution is 7.98. The molecular weight excluding hydrogens is 245 g/mol. The van der Waals surface area contributed by atoms with Gasteiger partial charge in [-0.1, -0.05) is 31.2 Å². The predicted octanol–water partition coefficient (Wildman–Crippen LogP) is 4.26. The van der Waals surface area contributed by atoms with Crippen molar-refractivity contribution < 1.29 is 4.39 Å². The van der Waals surface area contributed by atoms with Crippen molar-refractivity contribution in [2.75, 3.05) is 5.73 Å². The lowest BCUT2D eigenvalue weighted by Crippen LogP contribution is -1.90. The van der Waals surface area contributed by atoms with E-state index in [2.05, 4.69) is 31.2 Å². The van der Waals surface area contributed by atoms with Gasteiger partial charge >= 0.3 is 0 Å². The standard InChI is InChI=1S/C15H16FNS/c1-2-11-3-5-12(6-4-11)10-18-15-8-7-13(16)9-14(15)17/h3-9H,2,10,17H2,1H3.